The minimum Gasteiger partial charge on any atom is -0.492 e. The molecule has 0 unspecified atom stereocenters. The fraction of sp³-hybridized carbons (Fsp3) is 0.394. The molecule has 232 valence electrons. The Labute approximate surface area is 260 Å². The zero-order valence-electron chi connectivity index (χ0n) is 25.9. The van der Waals surface area contributed by atoms with E-state index in [-0.39, 0.29) is 29.0 Å². The van der Waals surface area contributed by atoms with E-state index in [1.165, 1.54) is 16.7 Å². The van der Waals surface area contributed by atoms with Crippen molar-refractivity contribution in [1.29, 1.82) is 0 Å². The van der Waals surface area contributed by atoms with Crippen molar-refractivity contribution in [2.45, 2.75) is 63.4 Å². The van der Waals surface area contributed by atoms with Gasteiger partial charge >= 0.3 is 0 Å². The summed E-state index contributed by atoms with van der Waals surface area (Å²) in [5.41, 5.74) is 2.16. The van der Waals surface area contributed by atoms with Crippen LogP contribution in [0.2, 0.25) is 0 Å². The van der Waals surface area contributed by atoms with Gasteiger partial charge in [0.05, 0.1) is 17.2 Å². The summed E-state index contributed by atoms with van der Waals surface area (Å²) < 4.78 is 35.3. The molecule has 0 aromatic heterocycles. The number of sulfonamides is 1. The second-order valence-electron chi connectivity index (χ2n) is 10.7. The van der Waals surface area contributed by atoms with Crippen molar-refractivity contribution in [3.63, 3.8) is 0 Å². The van der Waals surface area contributed by atoms with E-state index in [2.05, 4.69) is 5.32 Å². The van der Waals surface area contributed by atoms with Gasteiger partial charge in [-0.25, -0.2) is 8.42 Å². The molecule has 0 heterocycles. The van der Waals surface area contributed by atoms with E-state index in [9.17, 15) is 18.0 Å². The highest BCUT2D eigenvalue weighted by Gasteiger charge is 2.34. The third-order valence-corrected chi connectivity index (χ3v) is 9.42. The SMILES string of the molecule is CCOc1ccccc1N(CC(=O)N(Cc1ccc(C)cc1)[C@H](CC)C(=O)NCC(C)C)S(=O)(=O)c1ccc(SC)cc1. The molecule has 2 amide bonds. The van der Waals surface area contributed by atoms with Crippen LogP contribution in [0.1, 0.15) is 45.2 Å². The first kappa shape index (κ1) is 34.0. The van der Waals surface area contributed by atoms with Crippen LogP contribution in [-0.4, -0.2) is 57.1 Å². The maximum atomic E-state index is 14.3. The van der Waals surface area contributed by atoms with Gasteiger partial charge in [-0.1, -0.05) is 62.7 Å². The van der Waals surface area contributed by atoms with E-state index in [0.717, 1.165) is 20.3 Å². The molecule has 0 radical (unpaired) electrons. The highest BCUT2D eigenvalue weighted by Crippen LogP contribution is 2.33. The molecule has 3 rings (SSSR count). The first-order valence-corrected chi connectivity index (χ1v) is 17.2. The van der Waals surface area contributed by atoms with Gasteiger partial charge in [0.1, 0.15) is 18.3 Å². The number of para-hydroxylation sites is 2. The molecule has 8 nitrogen and oxygen atoms in total. The molecule has 1 atom stereocenters. The Kier molecular flexibility index (Phi) is 12.5. The lowest BCUT2D eigenvalue weighted by atomic mass is 10.1. The highest BCUT2D eigenvalue weighted by molar-refractivity contribution is 7.98. The molecule has 1 N–H and O–H groups in total. The lowest BCUT2D eigenvalue weighted by Crippen LogP contribution is -2.52. The number of rotatable bonds is 15. The molecule has 10 heteroatoms. The van der Waals surface area contributed by atoms with Crippen molar-refractivity contribution in [3.8, 4) is 5.75 Å². The number of thioether (sulfide) groups is 1. The minimum absolute atomic E-state index is 0.0520. The second-order valence-corrected chi connectivity index (χ2v) is 13.4. The molecule has 0 aliphatic heterocycles. The van der Waals surface area contributed by atoms with Gasteiger partial charge in [0.15, 0.2) is 0 Å². The van der Waals surface area contributed by atoms with Gasteiger partial charge < -0.3 is 15.0 Å². The van der Waals surface area contributed by atoms with Gasteiger partial charge in [-0.15, -0.1) is 11.8 Å². The van der Waals surface area contributed by atoms with Crippen molar-refractivity contribution < 1.29 is 22.7 Å². The molecule has 3 aromatic carbocycles. The third kappa shape index (κ3) is 9.00. The normalized spacial score (nSPS) is 12.1. The predicted octanol–water partition coefficient (Wildman–Crippen LogP) is 5.89. The molecule has 43 heavy (non-hydrogen) atoms. The maximum Gasteiger partial charge on any atom is 0.264 e. The summed E-state index contributed by atoms with van der Waals surface area (Å²) in [6, 6.07) is 20.3. The van der Waals surface area contributed by atoms with Crippen LogP contribution in [0.15, 0.2) is 82.6 Å². The van der Waals surface area contributed by atoms with E-state index in [1.54, 1.807) is 48.5 Å². The lowest BCUT2D eigenvalue weighted by Gasteiger charge is -2.33. The van der Waals surface area contributed by atoms with Crippen LogP contribution in [0.25, 0.3) is 0 Å². The molecule has 0 aliphatic rings. The van der Waals surface area contributed by atoms with Crippen LogP contribution < -0.4 is 14.4 Å². The number of ether oxygens (including phenoxy) is 1. The molecule has 0 aliphatic carbocycles. The number of benzene rings is 3. The van der Waals surface area contributed by atoms with Gasteiger partial charge in [-0.3, -0.25) is 13.9 Å². The molecule has 0 fully saturated rings. The van der Waals surface area contributed by atoms with Crippen LogP contribution in [-0.2, 0) is 26.2 Å². The van der Waals surface area contributed by atoms with Crippen molar-refractivity contribution in [3.05, 3.63) is 83.9 Å². The van der Waals surface area contributed by atoms with Crippen molar-refractivity contribution >= 4 is 39.3 Å². The van der Waals surface area contributed by atoms with E-state index in [4.69, 9.17) is 4.74 Å². The van der Waals surface area contributed by atoms with Crippen LogP contribution in [0.3, 0.4) is 0 Å². The number of carbonyl (C=O) groups is 2. The van der Waals surface area contributed by atoms with Crippen molar-refractivity contribution in [2.24, 2.45) is 5.92 Å². The Morgan fingerprint density at radius 3 is 2.19 bits per heavy atom. The summed E-state index contributed by atoms with van der Waals surface area (Å²) in [6.45, 7) is 10.1. The molecule has 0 saturated carbocycles. The number of carbonyl (C=O) groups excluding carboxylic acids is 2. The Bertz CT molecular complexity index is 1460. The quantitative estimate of drug-likeness (QED) is 0.212. The van der Waals surface area contributed by atoms with Crippen LogP contribution in [0.4, 0.5) is 5.69 Å². The van der Waals surface area contributed by atoms with E-state index < -0.39 is 28.5 Å². The standard InChI is InChI=1S/C33H43N3O5S2/c1-7-29(33(38)34-21-24(3)4)35(22-26-15-13-25(5)14-16-26)32(37)23-36(30-11-9-10-12-31(30)41-8-2)43(39,40)28-19-17-27(42-6)18-20-28/h9-20,24,29H,7-8,21-23H2,1-6H3,(H,34,38)/t29-/m1/s1. The van der Waals surface area contributed by atoms with Gasteiger partial charge in [-0.2, -0.15) is 0 Å². The number of nitrogens with zero attached hydrogens (tertiary/aromatic N) is 2. The predicted molar refractivity (Wildman–Crippen MR) is 174 cm³/mol. The fourth-order valence-electron chi connectivity index (χ4n) is 4.56. The molecule has 0 saturated heterocycles. The van der Waals surface area contributed by atoms with E-state index in [0.29, 0.717) is 25.3 Å². The Balaban J connectivity index is 2.09. The third-order valence-electron chi connectivity index (χ3n) is 6.90. The Morgan fingerprint density at radius 2 is 1.60 bits per heavy atom. The number of nitrogens with one attached hydrogen (secondary N) is 1. The number of anilines is 1. The summed E-state index contributed by atoms with van der Waals surface area (Å²) in [5, 5.41) is 2.95. The molecular formula is C33H43N3O5S2. The molecule has 3 aromatic rings. The smallest absolute Gasteiger partial charge is 0.264 e. The summed E-state index contributed by atoms with van der Waals surface area (Å²) in [7, 11) is -4.21. The molecule has 0 spiro atoms. The summed E-state index contributed by atoms with van der Waals surface area (Å²) in [5.74, 6) is -0.194. The van der Waals surface area contributed by atoms with E-state index in [1.807, 2.05) is 65.1 Å². The maximum absolute atomic E-state index is 14.3. The first-order chi connectivity index (χ1) is 20.5. The summed E-state index contributed by atoms with van der Waals surface area (Å²) in [4.78, 5) is 30.1. The Hall–Kier alpha value is -3.50. The summed E-state index contributed by atoms with van der Waals surface area (Å²) >= 11 is 1.51. The monoisotopic (exact) mass is 625 g/mol. The van der Waals surface area contributed by atoms with Crippen LogP contribution in [0.5, 0.6) is 5.75 Å². The van der Waals surface area contributed by atoms with Gasteiger partial charge in [0.2, 0.25) is 11.8 Å². The van der Waals surface area contributed by atoms with Gasteiger partial charge in [0.25, 0.3) is 10.0 Å². The lowest BCUT2D eigenvalue weighted by molar-refractivity contribution is -0.140. The van der Waals surface area contributed by atoms with Crippen molar-refractivity contribution in [1.82, 2.24) is 10.2 Å². The molecule has 0 bridgehead atoms. The number of amides is 2. The number of aryl methyl sites for hydroxylation is 1. The highest BCUT2D eigenvalue weighted by atomic mass is 32.2. The topological polar surface area (TPSA) is 96.0 Å². The average molecular weight is 626 g/mol. The van der Waals surface area contributed by atoms with Crippen LogP contribution in [0, 0.1) is 12.8 Å². The number of hydrogen-bond acceptors (Lipinski definition) is 6. The minimum atomic E-state index is -4.21. The van der Waals surface area contributed by atoms with Gasteiger partial charge in [-0.05, 0) is 74.4 Å². The zero-order valence-corrected chi connectivity index (χ0v) is 27.5. The summed E-state index contributed by atoms with van der Waals surface area (Å²) in [6.07, 6.45) is 2.27. The van der Waals surface area contributed by atoms with Gasteiger partial charge in [0, 0.05) is 18.0 Å². The largest absolute Gasteiger partial charge is 0.492 e. The first-order valence-electron chi connectivity index (χ1n) is 14.5. The Morgan fingerprint density at radius 1 is 0.953 bits per heavy atom. The average Bonchev–Trinajstić information content (AvgIpc) is 3.00. The fourth-order valence-corrected chi connectivity index (χ4v) is 6.39. The van der Waals surface area contributed by atoms with E-state index >= 15 is 0 Å². The zero-order chi connectivity index (χ0) is 31.6. The van der Waals surface area contributed by atoms with Crippen LogP contribution >= 0.6 is 11.8 Å². The number of hydrogen-bond donors (Lipinski definition) is 1. The second kappa shape index (κ2) is 15.8. The molecular weight excluding hydrogens is 583 g/mol. The van der Waals surface area contributed by atoms with Crippen molar-refractivity contribution in [2.75, 3.05) is 30.3 Å².